The summed E-state index contributed by atoms with van der Waals surface area (Å²) in [5, 5.41) is 8.07. The lowest BCUT2D eigenvalue weighted by atomic mass is 10.0. The second-order valence-electron chi connectivity index (χ2n) is 3.84. The Hall–Kier alpha value is -0.340. The van der Waals surface area contributed by atoms with Gasteiger partial charge in [-0.3, -0.25) is 0 Å². The Bertz CT molecular complexity index is 222. The molecule has 1 aliphatic heterocycles. The molecule has 2 rings (SSSR count). The predicted octanol–water partition coefficient (Wildman–Crippen LogP) is 2.82. The van der Waals surface area contributed by atoms with Gasteiger partial charge in [0, 0.05) is 6.04 Å². The molecule has 2 heterocycles. The van der Waals surface area contributed by atoms with E-state index in [-0.39, 0.29) is 0 Å². The van der Waals surface area contributed by atoms with Crippen molar-refractivity contribution in [2.75, 3.05) is 6.54 Å². The Kier molecular flexibility index (Phi) is 3.39. The van der Waals surface area contributed by atoms with Gasteiger partial charge in [-0.2, -0.15) is 11.3 Å². The van der Waals surface area contributed by atoms with Gasteiger partial charge in [-0.05, 0) is 48.2 Å². The monoisotopic (exact) mass is 195 g/mol. The molecule has 0 radical (unpaired) electrons. The Morgan fingerprint density at radius 1 is 1.38 bits per heavy atom. The summed E-state index contributed by atoms with van der Waals surface area (Å²) >= 11 is 1.81. The number of rotatable bonds is 2. The zero-order valence-electron chi connectivity index (χ0n) is 7.96. The quantitative estimate of drug-likeness (QED) is 0.765. The number of hydrogen-bond acceptors (Lipinski definition) is 2. The fourth-order valence-corrected chi connectivity index (χ4v) is 2.65. The van der Waals surface area contributed by atoms with Crippen LogP contribution >= 0.6 is 11.3 Å². The van der Waals surface area contributed by atoms with Gasteiger partial charge in [0.25, 0.3) is 0 Å². The fraction of sp³-hybridized carbons (Fsp3) is 0.636. The van der Waals surface area contributed by atoms with E-state index >= 15 is 0 Å². The molecular formula is C11H17NS. The van der Waals surface area contributed by atoms with Crippen LogP contribution in [0.4, 0.5) is 0 Å². The smallest absolute Gasteiger partial charge is 0.0108 e. The van der Waals surface area contributed by atoms with Gasteiger partial charge >= 0.3 is 0 Å². The highest BCUT2D eigenvalue weighted by Gasteiger charge is 2.11. The Morgan fingerprint density at radius 2 is 2.38 bits per heavy atom. The third kappa shape index (κ3) is 2.82. The minimum atomic E-state index is 0.733. The zero-order valence-corrected chi connectivity index (χ0v) is 8.78. The molecule has 1 saturated heterocycles. The van der Waals surface area contributed by atoms with Gasteiger partial charge in [0.15, 0.2) is 0 Å². The van der Waals surface area contributed by atoms with Crippen LogP contribution in [0.1, 0.15) is 31.2 Å². The minimum absolute atomic E-state index is 0.733. The highest BCUT2D eigenvalue weighted by Crippen LogP contribution is 2.14. The normalized spacial score (nSPS) is 24.2. The summed E-state index contributed by atoms with van der Waals surface area (Å²) in [4.78, 5) is 0. The lowest BCUT2D eigenvalue weighted by Crippen LogP contribution is -2.29. The second-order valence-corrected chi connectivity index (χ2v) is 4.62. The van der Waals surface area contributed by atoms with Crippen LogP contribution in [0.2, 0.25) is 0 Å². The predicted molar refractivity (Wildman–Crippen MR) is 58.3 cm³/mol. The third-order valence-electron chi connectivity index (χ3n) is 2.72. The Balaban J connectivity index is 1.86. The maximum atomic E-state index is 3.62. The van der Waals surface area contributed by atoms with E-state index in [9.17, 15) is 0 Å². The zero-order chi connectivity index (χ0) is 8.93. The third-order valence-corrected chi connectivity index (χ3v) is 3.46. The molecule has 0 bridgehead atoms. The largest absolute Gasteiger partial charge is 0.314 e. The number of nitrogens with one attached hydrogen (secondary N) is 1. The molecule has 0 aromatic carbocycles. The molecule has 2 heteroatoms. The molecule has 0 spiro atoms. The van der Waals surface area contributed by atoms with Crippen LogP contribution < -0.4 is 5.32 Å². The van der Waals surface area contributed by atoms with Crippen LogP contribution in [0.25, 0.3) is 0 Å². The first-order valence-corrected chi connectivity index (χ1v) is 6.14. The van der Waals surface area contributed by atoms with Gasteiger partial charge in [-0.15, -0.1) is 0 Å². The van der Waals surface area contributed by atoms with E-state index in [0.29, 0.717) is 0 Å². The van der Waals surface area contributed by atoms with Crippen molar-refractivity contribution in [3.05, 3.63) is 22.4 Å². The molecule has 13 heavy (non-hydrogen) atoms. The molecule has 1 N–H and O–H groups in total. The van der Waals surface area contributed by atoms with E-state index in [0.717, 1.165) is 6.04 Å². The highest BCUT2D eigenvalue weighted by molar-refractivity contribution is 7.07. The molecule has 72 valence electrons. The van der Waals surface area contributed by atoms with Crippen LogP contribution in [-0.2, 0) is 6.42 Å². The summed E-state index contributed by atoms with van der Waals surface area (Å²) in [6.45, 7) is 1.22. The lowest BCUT2D eigenvalue weighted by Gasteiger charge is -2.14. The summed E-state index contributed by atoms with van der Waals surface area (Å²) in [6.07, 6.45) is 6.76. The molecule has 1 fully saturated rings. The van der Waals surface area contributed by atoms with Crippen molar-refractivity contribution in [3.8, 4) is 0 Å². The van der Waals surface area contributed by atoms with E-state index in [4.69, 9.17) is 0 Å². The minimum Gasteiger partial charge on any atom is -0.314 e. The van der Waals surface area contributed by atoms with Crippen molar-refractivity contribution < 1.29 is 0 Å². The van der Waals surface area contributed by atoms with E-state index < -0.39 is 0 Å². The van der Waals surface area contributed by atoms with Crippen molar-refractivity contribution >= 4 is 11.3 Å². The van der Waals surface area contributed by atoms with E-state index in [2.05, 4.69) is 22.1 Å². The van der Waals surface area contributed by atoms with Gasteiger partial charge in [-0.25, -0.2) is 0 Å². The molecule has 1 aliphatic rings. The van der Waals surface area contributed by atoms with Crippen molar-refractivity contribution in [1.82, 2.24) is 5.32 Å². The first-order chi connectivity index (χ1) is 6.45. The maximum Gasteiger partial charge on any atom is 0.0108 e. The summed E-state index contributed by atoms with van der Waals surface area (Å²) in [6, 6.07) is 2.98. The average molecular weight is 195 g/mol. The second kappa shape index (κ2) is 4.77. The standard InChI is InChI=1S/C11H17NS/c1-2-4-11(12-6-3-1)8-10-5-7-13-9-10/h5,7,9,11-12H,1-4,6,8H2. The molecule has 1 aromatic heterocycles. The van der Waals surface area contributed by atoms with Gasteiger partial charge in [-0.1, -0.05) is 12.8 Å². The number of hydrogen-bond donors (Lipinski definition) is 1. The Morgan fingerprint density at radius 3 is 3.23 bits per heavy atom. The molecule has 1 atom stereocenters. The van der Waals surface area contributed by atoms with Crippen LogP contribution in [0.3, 0.4) is 0 Å². The van der Waals surface area contributed by atoms with Crippen LogP contribution in [-0.4, -0.2) is 12.6 Å². The van der Waals surface area contributed by atoms with Crippen molar-refractivity contribution in [1.29, 1.82) is 0 Å². The molecular weight excluding hydrogens is 178 g/mol. The van der Waals surface area contributed by atoms with E-state index in [1.165, 1.54) is 44.2 Å². The molecule has 0 aliphatic carbocycles. The van der Waals surface area contributed by atoms with E-state index in [1.54, 1.807) is 11.3 Å². The SMILES string of the molecule is c1cc(CC2CCCCCN2)cs1. The van der Waals surface area contributed by atoms with E-state index in [1.807, 2.05) is 0 Å². The molecule has 0 amide bonds. The first-order valence-electron chi connectivity index (χ1n) is 5.19. The lowest BCUT2D eigenvalue weighted by molar-refractivity contribution is 0.508. The van der Waals surface area contributed by atoms with Crippen LogP contribution in [0, 0.1) is 0 Å². The summed E-state index contributed by atoms with van der Waals surface area (Å²) in [5.41, 5.74) is 1.50. The fourth-order valence-electron chi connectivity index (χ4n) is 1.97. The molecule has 1 nitrogen and oxygen atoms in total. The molecule has 1 aromatic rings. The number of thiophene rings is 1. The molecule has 0 saturated carbocycles. The van der Waals surface area contributed by atoms with Gasteiger partial charge in [0.2, 0.25) is 0 Å². The summed E-state index contributed by atoms with van der Waals surface area (Å²) in [5.74, 6) is 0. The Labute approximate surface area is 84.2 Å². The summed E-state index contributed by atoms with van der Waals surface area (Å²) in [7, 11) is 0. The van der Waals surface area contributed by atoms with Gasteiger partial charge in [0.05, 0.1) is 0 Å². The van der Waals surface area contributed by atoms with Gasteiger partial charge in [0.1, 0.15) is 0 Å². The first kappa shape index (κ1) is 9.22. The van der Waals surface area contributed by atoms with Crippen molar-refractivity contribution in [2.45, 2.75) is 38.1 Å². The van der Waals surface area contributed by atoms with Gasteiger partial charge < -0.3 is 5.32 Å². The highest BCUT2D eigenvalue weighted by atomic mass is 32.1. The topological polar surface area (TPSA) is 12.0 Å². The molecule has 1 unspecified atom stereocenters. The van der Waals surface area contributed by atoms with Crippen molar-refractivity contribution in [2.24, 2.45) is 0 Å². The average Bonchev–Trinajstić information content (AvgIpc) is 2.49. The van der Waals surface area contributed by atoms with Crippen LogP contribution in [0.15, 0.2) is 16.8 Å². The van der Waals surface area contributed by atoms with Crippen molar-refractivity contribution in [3.63, 3.8) is 0 Å². The maximum absolute atomic E-state index is 3.62. The summed E-state index contributed by atoms with van der Waals surface area (Å²) < 4.78 is 0. The van der Waals surface area contributed by atoms with Crippen LogP contribution in [0.5, 0.6) is 0 Å².